The number of hydrogen-bond donors (Lipinski definition) is 2. The third-order valence-electron chi connectivity index (χ3n) is 2.26. The summed E-state index contributed by atoms with van der Waals surface area (Å²) >= 11 is 3.20. The Hall–Kier alpha value is -1.89. The molecular formula is C12H13BrN4O2. The third kappa shape index (κ3) is 4.06. The monoisotopic (exact) mass is 324 g/mol. The van der Waals surface area contributed by atoms with E-state index in [2.05, 4.69) is 36.4 Å². The first-order valence-electron chi connectivity index (χ1n) is 5.82. The van der Waals surface area contributed by atoms with Crippen LogP contribution < -0.4 is 11.0 Å². The first kappa shape index (κ1) is 13.5. The van der Waals surface area contributed by atoms with Crippen LogP contribution in [0.5, 0.6) is 0 Å². The Balaban J connectivity index is 2.06. The van der Waals surface area contributed by atoms with Crippen LogP contribution in [-0.4, -0.2) is 16.2 Å². The van der Waals surface area contributed by atoms with Crippen molar-refractivity contribution in [2.24, 2.45) is 5.10 Å². The number of nitrogens with one attached hydrogen (secondary N) is 2. The Labute approximate surface area is 118 Å². The van der Waals surface area contributed by atoms with Crippen LogP contribution in [0.4, 0.5) is 5.95 Å². The van der Waals surface area contributed by atoms with Crippen molar-refractivity contribution in [2.45, 2.75) is 19.8 Å². The van der Waals surface area contributed by atoms with E-state index in [1.54, 1.807) is 12.1 Å². The number of aromatic amines is 1. The molecule has 6 nitrogen and oxygen atoms in total. The van der Waals surface area contributed by atoms with Crippen molar-refractivity contribution < 1.29 is 4.42 Å². The fourth-order valence-corrected chi connectivity index (χ4v) is 1.82. The zero-order chi connectivity index (χ0) is 13.7. The highest BCUT2D eigenvalue weighted by Gasteiger charge is 2.00. The van der Waals surface area contributed by atoms with Crippen molar-refractivity contribution in [3.05, 3.63) is 44.7 Å². The molecule has 0 spiro atoms. The quantitative estimate of drug-likeness (QED) is 0.654. The molecule has 0 saturated carbocycles. The second kappa shape index (κ2) is 6.33. The lowest BCUT2D eigenvalue weighted by Gasteiger charge is -2.01. The number of halogens is 1. The Morgan fingerprint density at radius 1 is 1.58 bits per heavy atom. The van der Waals surface area contributed by atoms with Gasteiger partial charge in [-0.25, -0.2) is 10.4 Å². The maximum Gasteiger partial charge on any atom is 0.252 e. The van der Waals surface area contributed by atoms with Crippen LogP contribution in [0.3, 0.4) is 0 Å². The molecule has 7 heteroatoms. The number of anilines is 1. The largest absolute Gasteiger partial charge is 0.448 e. The molecule has 2 aromatic heterocycles. The van der Waals surface area contributed by atoms with Crippen molar-refractivity contribution in [1.82, 2.24) is 9.97 Å². The predicted molar refractivity (Wildman–Crippen MR) is 76.5 cm³/mol. The lowest BCUT2D eigenvalue weighted by molar-refractivity contribution is 0.534. The second-order valence-corrected chi connectivity index (χ2v) is 4.63. The highest BCUT2D eigenvalue weighted by molar-refractivity contribution is 9.10. The maximum absolute atomic E-state index is 11.4. The number of H-pyrrole nitrogens is 1. The van der Waals surface area contributed by atoms with Gasteiger partial charge >= 0.3 is 0 Å². The summed E-state index contributed by atoms with van der Waals surface area (Å²) in [6, 6.07) is 5.02. The Morgan fingerprint density at radius 2 is 2.42 bits per heavy atom. The first-order chi connectivity index (χ1) is 9.17. The number of hydrazone groups is 1. The zero-order valence-electron chi connectivity index (χ0n) is 10.3. The topological polar surface area (TPSA) is 83.3 Å². The van der Waals surface area contributed by atoms with Gasteiger partial charge in [-0.15, -0.1) is 0 Å². The summed E-state index contributed by atoms with van der Waals surface area (Å²) in [6.45, 7) is 2.03. The van der Waals surface area contributed by atoms with Gasteiger partial charge in [0.1, 0.15) is 5.76 Å². The maximum atomic E-state index is 11.4. The van der Waals surface area contributed by atoms with E-state index >= 15 is 0 Å². The normalized spacial score (nSPS) is 11.1. The van der Waals surface area contributed by atoms with E-state index in [1.807, 2.05) is 6.92 Å². The molecule has 0 bridgehead atoms. The highest BCUT2D eigenvalue weighted by atomic mass is 79.9. The number of aromatic nitrogens is 2. The van der Waals surface area contributed by atoms with Gasteiger partial charge in [0.2, 0.25) is 5.95 Å². The standard InChI is InChI=1S/C12H13BrN4O2/c1-2-3-8-6-11(18)16-12(15-8)17-14-7-9-4-5-10(13)19-9/h4-7H,2-3H2,1H3,(H2,15,16,17,18)/b14-7+. The van der Waals surface area contributed by atoms with E-state index in [4.69, 9.17) is 4.42 Å². The first-order valence-corrected chi connectivity index (χ1v) is 6.61. The van der Waals surface area contributed by atoms with Crippen LogP contribution in [0.2, 0.25) is 0 Å². The van der Waals surface area contributed by atoms with E-state index in [0.717, 1.165) is 18.5 Å². The minimum atomic E-state index is -0.197. The van der Waals surface area contributed by atoms with Crippen molar-refractivity contribution in [3.8, 4) is 0 Å². The second-order valence-electron chi connectivity index (χ2n) is 3.85. The molecule has 19 heavy (non-hydrogen) atoms. The van der Waals surface area contributed by atoms with Gasteiger partial charge in [-0.2, -0.15) is 5.10 Å². The fraction of sp³-hybridized carbons (Fsp3) is 0.250. The molecule has 100 valence electrons. The molecule has 0 fully saturated rings. The molecule has 0 aliphatic heterocycles. The summed E-state index contributed by atoms with van der Waals surface area (Å²) in [5.74, 6) is 0.907. The molecule has 0 aromatic carbocycles. The van der Waals surface area contributed by atoms with Crippen LogP contribution >= 0.6 is 15.9 Å². The molecule has 0 atom stereocenters. The number of nitrogens with zero attached hydrogens (tertiary/aromatic N) is 2. The number of aryl methyl sites for hydroxylation is 1. The predicted octanol–water partition coefficient (Wildman–Crippen LogP) is 2.52. The van der Waals surface area contributed by atoms with Crippen LogP contribution in [0, 0.1) is 0 Å². The van der Waals surface area contributed by atoms with Crippen LogP contribution in [-0.2, 0) is 6.42 Å². The number of rotatable bonds is 5. The third-order valence-corrected chi connectivity index (χ3v) is 2.68. The van der Waals surface area contributed by atoms with Gasteiger partial charge in [0.25, 0.3) is 5.56 Å². The SMILES string of the molecule is CCCc1cc(=O)[nH]c(N/N=C/c2ccc(Br)o2)n1. The Bertz CT molecular complexity index is 633. The van der Waals surface area contributed by atoms with E-state index in [0.29, 0.717) is 16.4 Å². The molecule has 0 radical (unpaired) electrons. The lowest BCUT2D eigenvalue weighted by Crippen LogP contribution is -2.11. The molecule has 0 saturated heterocycles. The highest BCUT2D eigenvalue weighted by Crippen LogP contribution is 2.12. The van der Waals surface area contributed by atoms with E-state index in [-0.39, 0.29) is 5.56 Å². The van der Waals surface area contributed by atoms with E-state index in [9.17, 15) is 4.79 Å². The molecule has 0 aliphatic rings. The van der Waals surface area contributed by atoms with Crippen molar-refractivity contribution in [2.75, 3.05) is 5.43 Å². The summed E-state index contributed by atoms with van der Waals surface area (Å²) < 4.78 is 5.87. The molecule has 2 aromatic rings. The molecule has 0 aliphatic carbocycles. The zero-order valence-corrected chi connectivity index (χ0v) is 11.9. The van der Waals surface area contributed by atoms with Crippen molar-refractivity contribution >= 4 is 28.1 Å². The molecule has 0 amide bonds. The lowest BCUT2D eigenvalue weighted by atomic mass is 10.2. The van der Waals surface area contributed by atoms with Gasteiger partial charge in [0.05, 0.1) is 6.21 Å². The number of hydrogen-bond acceptors (Lipinski definition) is 5. The van der Waals surface area contributed by atoms with Crippen molar-refractivity contribution in [1.29, 1.82) is 0 Å². The molecule has 2 N–H and O–H groups in total. The van der Waals surface area contributed by atoms with Gasteiger partial charge in [0.15, 0.2) is 4.67 Å². The molecule has 2 heterocycles. The summed E-state index contributed by atoms with van der Waals surface area (Å²) in [7, 11) is 0. The summed E-state index contributed by atoms with van der Waals surface area (Å²) in [6.07, 6.45) is 3.18. The smallest absolute Gasteiger partial charge is 0.252 e. The van der Waals surface area contributed by atoms with Crippen LogP contribution in [0.1, 0.15) is 24.8 Å². The minimum absolute atomic E-state index is 0.197. The molecular weight excluding hydrogens is 312 g/mol. The van der Waals surface area contributed by atoms with E-state index < -0.39 is 0 Å². The fourth-order valence-electron chi connectivity index (χ4n) is 1.50. The Kier molecular flexibility index (Phi) is 4.51. The number of furan rings is 1. The average molecular weight is 325 g/mol. The molecule has 0 unspecified atom stereocenters. The van der Waals surface area contributed by atoms with Crippen molar-refractivity contribution in [3.63, 3.8) is 0 Å². The van der Waals surface area contributed by atoms with E-state index in [1.165, 1.54) is 12.3 Å². The average Bonchev–Trinajstić information content (AvgIpc) is 2.75. The van der Waals surface area contributed by atoms with Gasteiger partial charge in [0, 0.05) is 11.8 Å². The van der Waals surface area contributed by atoms with Gasteiger partial charge in [-0.3, -0.25) is 9.78 Å². The van der Waals surface area contributed by atoms with Gasteiger partial charge < -0.3 is 4.42 Å². The Morgan fingerprint density at radius 3 is 3.11 bits per heavy atom. The molecule has 2 rings (SSSR count). The van der Waals surface area contributed by atoms with Crippen LogP contribution in [0.25, 0.3) is 0 Å². The van der Waals surface area contributed by atoms with Gasteiger partial charge in [-0.1, -0.05) is 13.3 Å². The summed E-state index contributed by atoms with van der Waals surface area (Å²) in [4.78, 5) is 18.2. The van der Waals surface area contributed by atoms with Gasteiger partial charge in [-0.05, 0) is 34.5 Å². The summed E-state index contributed by atoms with van der Waals surface area (Å²) in [5.41, 5.74) is 3.21. The summed E-state index contributed by atoms with van der Waals surface area (Å²) in [5, 5.41) is 3.95. The van der Waals surface area contributed by atoms with Crippen LogP contribution in [0.15, 0.2) is 37.2 Å². The minimum Gasteiger partial charge on any atom is -0.448 e.